The van der Waals surface area contributed by atoms with E-state index >= 15 is 0 Å². The number of carboxylic acids is 1. The predicted octanol–water partition coefficient (Wildman–Crippen LogP) is 1.86. The molecule has 1 aromatic rings. The van der Waals surface area contributed by atoms with Gasteiger partial charge in [0.25, 0.3) is 5.91 Å². The van der Waals surface area contributed by atoms with Gasteiger partial charge in [0.1, 0.15) is 24.4 Å². The molecule has 8 heteroatoms. The zero-order valence-electron chi connectivity index (χ0n) is 12.7. The Balaban J connectivity index is 2.05. The van der Waals surface area contributed by atoms with Crippen LogP contribution in [0.25, 0.3) is 0 Å². The molecule has 0 unspecified atom stereocenters. The van der Waals surface area contributed by atoms with Gasteiger partial charge in [-0.3, -0.25) is 4.79 Å². The third-order valence-electron chi connectivity index (χ3n) is 3.45. The van der Waals surface area contributed by atoms with Gasteiger partial charge in [-0.15, -0.1) is 0 Å². The highest BCUT2D eigenvalue weighted by Gasteiger charge is 2.46. The number of urea groups is 1. The number of aliphatic carboxylic acids is 1. The fourth-order valence-corrected chi connectivity index (χ4v) is 2.59. The van der Waals surface area contributed by atoms with Gasteiger partial charge in [0.2, 0.25) is 0 Å². The third kappa shape index (κ3) is 3.82. The average Bonchev–Trinajstić information content (AvgIpc) is 2.74. The van der Waals surface area contributed by atoms with Gasteiger partial charge in [-0.05, 0) is 30.2 Å². The maximum Gasteiger partial charge on any atom is 0.327 e. The Morgan fingerprint density at radius 2 is 1.96 bits per heavy atom. The van der Waals surface area contributed by atoms with E-state index in [4.69, 9.17) is 4.74 Å². The molecule has 23 heavy (non-hydrogen) atoms. The second-order valence-corrected chi connectivity index (χ2v) is 6.42. The van der Waals surface area contributed by atoms with E-state index in [0.29, 0.717) is 5.75 Å². The summed E-state index contributed by atoms with van der Waals surface area (Å²) in [6, 6.07) is 4.22. The van der Waals surface area contributed by atoms with E-state index in [9.17, 15) is 19.5 Å². The normalized spacial score (nSPS) is 19.0. The average molecular weight is 385 g/mol. The Bertz CT molecular complexity index is 617. The molecule has 0 radical (unpaired) electrons. The van der Waals surface area contributed by atoms with Crippen molar-refractivity contribution in [2.75, 3.05) is 6.61 Å². The molecule has 7 nitrogen and oxygen atoms in total. The highest BCUT2D eigenvalue weighted by molar-refractivity contribution is 9.10. The van der Waals surface area contributed by atoms with Crippen LogP contribution in [-0.2, 0) is 9.59 Å². The van der Waals surface area contributed by atoms with Crippen LogP contribution in [0.2, 0.25) is 0 Å². The van der Waals surface area contributed by atoms with Crippen LogP contribution < -0.4 is 10.1 Å². The number of amides is 3. The number of nitrogens with zero attached hydrogens (tertiary/aromatic N) is 1. The number of carbonyl (C=O) groups excluding carboxylic acids is 2. The molecule has 1 saturated heterocycles. The zero-order valence-corrected chi connectivity index (χ0v) is 14.2. The number of halogens is 1. The second-order valence-electron chi connectivity index (χ2n) is 5.50. The Labute approximate surface area is 141 Å². The Morgan fingerprint density at radius 3 is 2.48 bits per heavy atom. The smallest absolute Gasteiger partial charge is 0.327 e. The highest BCUT2D eigenvalue weighted by atomic mass is 79.9. The second kappa shape index (κ2) is 6.99. The number of carbonyl (C=O) groups is 3. The first-order valence-electron chi connectivity index (χ1n) is 7.06. The summed E-state index contributed by atoms with van der Waals surface area (Å²) in [5.41, 5.74) is 0. The molecule has 0 saturated carbocycles. The molecular weight excluding hydrogens is 368 g/mol. The molecule has 2 atom stereocenters. The molecule has 0 bridgehead atoms. The van der Waals surface area contributed by atoms with E-state index in [1.54, 1.807) is 38.1 Å². The van der Waals surface area contributed by atoms with Gasteiger partial charge in [0, 0.05) is 4.47 Å². The van der Waals surface area contributed by atoms with E-state index in [-0.39, 0.29) is 6.61 Å². The van der Waals surface area contributed by atoms with Gasteiger partial charge in [0.05, 0.1) is 0 Å². The number of rotatable bonds is 6. The first-order valence-corrected chi connectivity index (χ1v) is 7.85. The Morgan fingerprint density at radius 1 is 1.35 bits per heavy atom. The molecule has 1 heterocycles. The minimum absolute atomic E-state index is 0.0624. The molecule has 1 fully saturated rings. The van der Waals surface area contributed by atoms with Crippen molar-refractivity contribution in [2.45, 2.75) is 25.9 Å². The molecule has 3 amide bonds. The van der Waals surface area contributed by atoms with E-state index in [1.165, 1.54) is 0 Å². The Kier molecular flexibility index (Phi) is 5.25. The highest BCUT2D eigenvalue weighted by Crippen LogP contribution is 2.20. The lowest BCUT2D eigenvalue weighted by Crippen LogP contribution is -2.48. The summed E-state index contributed by atoms with van der Waals surface area (Å²) in [6.07, 6.45) is 0. The number of hydrogen-bond donors (Lipinski definition) is 2. The maximum atomic E-state index is 12.3. The van der Waals surface area contributed by atoms with Gasteiger partial charge in [-0.25, -0.2) is 14.5 Å². The van der Waals surface area contributed by atoms with E-state index in [2.05, 4.69) is 21.2 Å². The van der Waals surface area contributed by atoms with Crippen molar-refractivity contribution in [1.29, 1.82) is 0 Å². The van der Waals surface area contributed by atoms with E-state index in [1.807, 2.05) is 0 Å². The van der Waals surface area contributed by atoms with Crippen LogP contribution in [0.15, 0.2) is 28.7 Å². The standard InChI is InChI=1S/C15H17BrN2O5/c1-8(2)12(14(20)21)18-13(19)11(17-15(18)22)7-23-10-5-3-9(16)4-6-10/h3-6,8,11-12H,7H2,1-2H3,(H,17,22)(H,20,21)/t11-,12+/m0/s1. The third-order valence-corrected chi connectivity index (χ3v) is 3.97. The molecular formula is C15H17BrN2O5. The SMILES string of the molecule is CC(C)[C@H](C(=O)O)N1C(=O)N[C@@H](COc2ccc(Br)cc2)C1=O. The lowest BCUT2D eigenvalue weighted by atomic mass is 10.0. The van der Waals surface area contributed by atoms with Gasteiger partial charge in [0.15, 0.2) is 0 Å². The van der Waals surface area contributed by atoms with Crippen LogP contribution in [0.3, 0.4) is 0 Å². The minimum atomic E-state index is -1.21. The van der Waals surface area contributed by atoms with Crippen molar-refractivity contribution in [1.82, 2.24) is 10.2 Å². The summed E-state index contributed by atoms with van der Waals surface area (Å²) in [5.74, 6) is -1.65. The molecule has 124 valence electrons. The monoisotopic (exact) mass is 384 g/mol. The van der Waals surface area contributed by atoms with Crippen LogP contribution in [0, 0.1) is 5.92 Å². The van der Waals surface area contributed by atoms with E-state index < -0.39 is 35.9 Å². The molecule has 0 aliphatic carbocycles. The van der Waals surface area contributed by atoms with Crippen molar-refractivity contribution < 1.29 is 24.2 Å². The van der Waals surface area contributed by atoms with Gasteiger partial charge in [-0.1, -0.05) is 29.8 Å². The molecule has 1 aliphatic rings. The van der Waals surface area contributed by atoms with Crippen LogP contribution in [0.1, 0.15) is 13.8 Å². The summed E-state index contributed by atoms with van der Waals surface area (Å²) in [4.78, 5) is 36.4. The number of hydrogen-bond acceptors (Lipinski definition) is 4. The zero-order chi connectivity index (χ0) is 17.1. The molecule has 2 N–H and O–H groups in total. The largest absolute Gasteiger partial charge is 0.491 e. The Hall–Kier alpha value is -2.09. The van der Waals surface area contributed by atoms with Crippen LogP contribution >= 0.6 is 15.9 Å². The maximum absolute atomic E-state index is 12.3. The van der Waals surface area contributed by atoms with Crippen molar-refractivity contribution in [3.63, 3.8) is 0 Å². The first kappa shape index (κ1) is 17.3. The fourth-order valence-electron chi connectivity index (χ4n) is 2.33. The number of imide groups is 1. The molecule has 1 aliphatic heterocycles. The van der Waals surface area contributed by atoms with Crippen molar-refractivity contribution in [2.24, 2.45) is 5.92 Å². The number of nitrogens with one attached hydrogen (secondary N) is 1. The van der Waals surface area contributed by atoms with Crippen LogP contribution in [-0.4, -0.2) is 46.6 Å². The number of benzene rings is 1. The topological polar surface area (TPSA) is 95.9 Å². The van der Waals surface area contributed by atoms with E-state index in [0.717, 1.165) is 9.37 Å². The summed E-state index contributed by atoms with van der Waals surface area (Å²) in [7, 11) is 0. The predicted molar refractivity (Wildman–Crippen MR) is 85.1 cm³/mol. The van der Waals surface area contributed by atoms with Crippen LogP contribution in [0.5, 0.6) is 5.75 Å². The lowest BCUT2D eigenvalue weighted by Gasteiger charge is -2.24. The van der Waals surface area contributed by atoms with Gasteiger partial charge < -0.3 is 15.2 Å². The number of carboxylic acid groups (broad SMARTS) is 1. The summed E-state index contributed by atoms with van der Waals surface area (Å²) < 4.78 is 6.37. The molecule has 0 aromatic heterocycles. The van der Waals surface area contributed by atoms with Crippen molar-refractivity contribution in [3.8, 4) is 5.75 Å². The van der Waals surface area contributed by atoms with Gasteiger partial charge in [-0.2, -0.15) is 0 Å². The van der Waals surface area contributed by atoms with Crippen molar-refractivity contribution in [3.05, 3.63) is 28.7 Å². The van der Waals surface area contributed by atoms with Crippen molar-refractivity contribution >= 4 is 33.8 Å². The van der Waals surface area contributed by atoms with Crippen LogP contribution in [0.4, 0.5) is 4.79 Å². The minimum Gasteiger partial charge on any atom is -0.491 e. The lowest BCUT2D eigenvalue weighted by molar-refractivity contribution is -0.148. The molecule has 1 aromatic carbocycles. The molecule has 0 spiro atoms. The molecule has 2 rings (SSSR count). The summed E-state index contributed by atoms with van der Waals surface area (Å²) in [6.45, 7) is 3.23. The van der Waals surface area contributed by atoms with Gasteiger partial charge >= 0.3 is 12.0 Å². The summed E-state index contributed by atoms with van der Waals surface area (Å²) >= 11 is 3.30. The fraction of sp³-hybridized carbons (Fsp3) is 0.400. The summed E-state index contributed by atoms with van der Waals surface area (Å²) in [5, 5.41) is 11.7. The number of ether oxygens (including phenoxy) is 1. The quantitative estimate of drug-likeness (QED) is 0.729. The first-order chi connectivity index (χ1) is 10.8.